The number of H-pyrrole nitrogens is 1. The van der Waals surface area contributed by atoms with Gasteiger partial charge in [-0.1, -0.05) is 19.3 Å². The van der Waals surface area contributed by atoms with E-state index >= 15 is 0 Å². The van der Waals surface area contributed by atoms with Crippen molar-refractivity contribution < 1.29 is 4.79 Å². The highest BCUT2D eigenvalue weighted by atomic mass is 16.2. The van der Waals surface area contributed by atoms with Gasteiger partial charge >= 0.3 is 0 Å². The molecule has 114 valence electrons. The molecule has 2 heterocycles. The van der Waals surface area contributed by atoms with E-state index in [4.69, 9.17) is 0 Å². The van der Waals surface area contributed by atoms with Gasteiger partial charge in [-0.25, -0.2) is 4.98 Å². The third kappa shape index (κ3) is 2.35. The molecule has 2 N–H and O–H groups in total. The van der Waals surface area contributed by atoms with Crippen LogP contribution in [0.1, 0.15) is 67.3 Å². The molecule has 0 bridgehead atoms. The average molecular weight is 289 g/mol. The number of piperazine rings is 1. The fourth-order valence-corrected chi connectivity index (χ4v) is 3.85. The van der Waals surface area contributed by atoms with E-state index in [1.54, 1.807) is 0 Å². The Balaban J connectivity index is 1.57. The van der Waals surface area contributed by atoms with Gasteiger partial charge < -0.3 is 10.2 Å². The highest BCUT2D eigenvalue weighted by Crippen LogP contribution is 2.38. The summed E-state index contributed by atoms with van der Waals surface area (Å²) in [5.41, 5.74) is -0.00599. The van der Waals surface area contributed by atoms with E-state index in [0.29, 0.717) is 11.7 Å². The number of aromatic nitrogens is 3. The summed E-state index contributed by atoms with van der Waals surface area (Å²) < 4.78 is 0. The van der Waals surface area contributed by atoms with Crippen LogP contribution in [-0.2, 0) is 0 Å². The molecular formula is C15H23N5O. The van der Waals surface area contributed by atoms with Crippen LogP contribution >= 0.6 is 0 Å². The molecule has 0 radical (unpaired) electrons. The molecule has 3 fully saturated rings. The second-order valence-corrected chi connectivity index (χ2v) is 6.74. The van der Waals surface area contributed by atoms with Crippen molar-refractivity contribution in [1.82, 2.24) is 25.4 Å². The summed E-state index contributed by atoms with van der Waals surface area (Å²) in [6.07, 6.45) is 8.26. The van der Waals surface area contributed by atoms with E-state index in [0.717, 1.165) is 38.3 Å². The molecule has 0 aromatic carbocycles. The summed E-state index contributed by atoms with van der Waals surface area (Å²) in [6, 6.07) is 0. The maximum atomic E-state index is 12.9. The smallest absolute Gasteiger partial charge is 0.294 e. The van der Waals surface area contributed by atoms with Crippen LogP contribution in [0.5, 0.6) is 0 Å². The van der Waals surface area contributed by atoms with E-state index in [2.05, 4.69) is 25.4 Å². The maximum absolute atomic E-state index is 12.9. The third-order valence-electron chi connectivity index (χ3n) is 5.23. The molecule has 1 aliphatic heterocycles. The summed E-state index contributed by atoms with van der Waals surface area (Å²) >= 11 is 0. The number of amides is 1. The second-order valence-electron chi connectivity index (χ2n) is 6.74. The average Bonchev–Trinajstić information content (AvgIpc) is 3.25. The van der Waals surface area contributed by atoms with E-state index < -0.39 is 0 Å². The van der Waals surface area contributed by atoms with Gasteiger partial charge in [-0.3, -0.25) is 9.89 Å². The molecule has 1 spiro atoms. The van der Waals surface area contributed by atoms with E-state index in [9.17, 15) is 4.79 Å². The maximum Gasteiger partial charge on any atom is 0.294 e. The summed E-state index contributed by atoms with van der Waals surface area (Å²) in [6.45, 7) is 2.55. The molecular weight excluding hydrogens is 266 g/mol. The number of rotatable bonds is 2. The van der Waals surface area contributed by atoms with Crippen LogP contribution in [0.25, 0.3) is 0 Å². The Morgan fingerprint density at radius 2 is 2.05 bits per heavy atom. The second kappa shape index (κ2) is 5.09. The van der Waals surface area contributed by atoms with Crippen LogP contribution in [0.3, 0.4) is 0 Å². The number of nitrogens with zero attached hydrogens (tertiary/aromatic N) is 3. The largest absolute Gasteiger partial charge is 0.328 e. The Morgan fingerprint density at radius 1 is 1.24 bits per heavy atom. The van der Waals surface area contributed by atoms with E-state index in [-0.39, 0.29) is 11.4 Å². The molecule has 2 aliphatic carbocycles. The van der Waals surface area contributed by atoms with Gasteiger partial charge in [0.25, 0.3) is 5.91 Å². The Hall–Kier alpha value is -1.43. The number of nitrogens with one attached hydrogen (secondary N) is 2. The highest BCUT2D eigenvalue weighted by Gasteiger charge is 2.43. The lowest BCUT2D eigenvalue weighted by molar-refractivity contribution is 0.0212. The molecule has 4 rings (SSSR count). The first-order chi connectivity index (χ1) is 10.3. The first-order valence-electron chi connectivity index (χ1n) is 8.23. The zero-order valence-corrected chi connectivity index (χ0v) is 12.4. The molecule has 1 saturated heterocycles. The monoisotopic (exact) mass is 289 g/mol. The van der Waals surface area contributed by atoms with Gasteiger partial charge in [0.05, 0.1) is 5.54 Å². The molecule has 1 amide bonds. The van der Waals surface area contributed by atoms with Crippen molar-refractivity contribution in [2.45, 2.75) is 56.4 Å². The van der Waals surface area contributed by atoms with Crippen LogP contribution in [0.2, 0.25) is 0 Å². The number of hydrogen-bond donors (Lipinski definition) is 2. The van der Waals surface area contributed by atoms with Crippen molar-refractivity contribution in [2.75, 3.05) is 19.6 Å². The minimum absolute atomic E-state index is 0.00599. The van der Waals surface area contributed by atoms with Crippen molar-refractivity contribution in [3.63, 3.8) is 0 Å². The third-order valence-corrected chi connectivity index (χ3v) is 5.23. The van der Waals surface area contributed by atoms with Crippen LogP contribution < -0.4 is 5.32 Å². The zero-order chi connectivity index (χ0) is 14.3. The molecule has 3 aliphatic rings. The lowest BCUT2D eigenvalue weighted by Gasteiger charge is -2.49. The van der Waals surface area contributed by atoms with Gasteiger partial charge in [-0.2, -0.15) is 0 Å². The molecule has 2 saturated carbocycles. The van der Waals surface area contributed by atoms with E-state index in [1.165, 1.54) is 32.1 Å². The van der Waals surface area contributed by atoms with Crippen LogP contribution in [0.15, 0.2) is 0 Å². The number of carbonyl (C=O) groups is 1. The Morgan fingerprint density at radius 3 is 2.81 bits per heavy atom. The number of aromatic amines is 1. The number of carbonyl (C=O) groups excluding carboxylic acids is 1. The van der Waals surface area contributed by atoms with Gasteiger partial charge in [0.15, 0.2) is 0 Å². The van der Waals surface area contributed by atoms with Gasteiger partial charge in [0.1, 0.15) is 5.82 Å². The van der Waals surface area contributed by atoms with Gasteiger partial charge in [0.2, 0.25) is 5.82 Å². The fraction of sp³-hybridized carbons (Fsp3) is 0.800. The van der Waals surface area contributed by atoms with Crippen LogP contribution in [0.4, 0.5) is 0 Å². The highest BCUT2D eigenvalue weighted by molar-refractivity contribution is 5.91. The molecule has 0 atom stereocenters. The van der Waals surface area contributed by atoms with Crippen molar-refractivity contribution >= 4 is 5.91 Å². The Labute approximate surface area is 124 Å². The number of hydrogen-bond acceptors (Lipinski definition) is 4. The van der Waals surface area contributed by atoms with Crippen LogP contribution in [0, 0.1) is 0 Å². The Bertz CT molecular complexity index is 522. The predicted molar refractivity (Wildman–Crippen MR) is 78.1 cm³/mol. The van der Waals surface area contributed by atoms with Crippen molar-refractivity contribution in [3.05, 3.63) is 11.6 Å². The summed E-state index contributed by atoms with van der Waals surface area (Å²) in [5, 5.41) is 10.6. The minimum Gasteiger partial charge on any atom is -0.328 e. The zero-order valence-electron chi connectivity index (χ0n) is 12.4. The topological polar surface area (TPSA) is 73.9 Å². The first-order valence-corrected chi connectivity index (χ1v) is 8.23. The standard InChI is InChI=1S/C15H23N5O/c21-14(13-17-12(18-19-13)11-4-5-11)20-9-8-16-10-15(20)6-2-1-3-7-15/h11,16H,1-10H2,(H,17,18,19). The van der Waals surface area contributed by atoms with Gasteiger partial charge in [0, 0.05) is 25.6 Å². The Kier molecular flexibility index (Phi) is 3.21. The normalized spacial score (nSPS) is 25.2. The lowest BCUT2D eigenvalue weighted by atomic mass is 9.79. The molecule has 6 heteroatoms. The summed E-state index contributed by atoms with van der Waals surface area (Å²) in [7, 11) is 0. The lowest BCUT2D eigenvalue weighted by Crippen LogP contribution is -2.63. The van der Waals surface area contributed by atoms with Gasteiger partial charge in [-0.15, -0.1) is 5.10 Å². The van der Waals surface area contributed by atoms with Crippen molar-refractivity contribution in [2.24, 2.45) is 0 Å². The minimum atomic E-state index is -0.00599. The molecule has 6 nitrogen and oxygen atoms in total. The predicted octanol–water partition coefficient (Wildman–Crippen LogP) is 1.43. The molecule has 21 heavy (non-hydrogen) atoms. The van der Waals surface area contributed by atoms with E-state index in [1.807, 2.05) is 0 Å². The van der Waals surface area contributed by atoms with Gasteiger partial charge in [-0.05, 0) is 25.7 Å². The van der Waals surface area contributed by atoms with Crippen molar-refractivity contribution in [1.29, 1.82) is 0 Å². The quantitative estimate of drug-likeness (QED) is 0.864. The summed E-state index contributed by atoms with van der Waals surface area (Å²) in [5.74, 6) is 1.78. The first kappa shape index (κ1) is 13.2. The van der Waals surface area contributed by atoms with Crippen LogP contribution in [-0.4, -0.2) is 51.2 Å². The molecule has 1 aromatic heterocycles. The molecule has 0 unspecified atom stereocenters. The summed E-state index contributed by atoms with van der Waals surface area (Å²) in [4.78, 5) is 19.4. The fourth-order valence-electron chi connectivity index (χ4n) is 3.85. The van der Waals surface area contributed by atoms with Crippen molar-refractivity contribution in [3.8, 4) is 0 Å². The molecule has 1 aromatic rings. The SMILES string of the molecule is O=C(c1n[nH]c(C2CC2)n1)N1CCNCC12CCCCC2.